The number of rotatable bonds is 0. The van der Waals surface area contributed by atoms with Crippen LogP contribution >= 0.6 is 0 Å². The Hall–Kier alpha value is 0.922. The van der Waals surface area contributed by atoms with Crippen LogP contribution in [-0.4, -0.2) is 27.3 Å². The molecule has 0 atom stereocenters. The third-order valence-electron chi connectivity index (χ3n) is 3.47. The third-order valence-corrected chi connectivity index (χ3v) is 3.47. The van der Waals surface area contributed by atoms with Crippen LogP contribution in [0.3, 0.4) is 0 Å². The zero-order chi connectivity index (χ0) is 6.81. The summed E-state index contributed by atoms with van der Waals surface area (Å²) in [4.78, 5) is 0. The van der Waals surface area contributed by atoms with Gasteiger partial charge < -0.3 is 0 Å². The Balaban J connectivity index is 0.000000605. The predicted molar refractivity (Wildman–Crippen MR) is 52.5 cm³/mol. The van der Waals surface area contributed by atoms with Crippen molar-refractivity contribution < 1.29 is 0 Å². The van der Waals surface area contributed by atoms with Crippen molar-refractivity contribution in [2.45, 2.75) is 51.4 Å². The molecule has 0 bridgehead atoms. The summed E-state index contributed by atoms with van der Waals surface area (Å²) in [5, 5.41) is 0. The quantitative estimate of drug-likeness (QED) is 0.591. The molecule has 0 heterocycles. The Bertz CT molecular complexity index is 85.4. The van der Waals surface area contributed by atoms with Crippen molar-refractivity contribution in [3.05, 3.63) is 0 Å². The monoisotopic (exact) mass is 348 g/mol. The molecule has 2 saturated carbocycles. The van der Waals surface area contributed by atoms with Crippen LogP contribution in [0.25, 0.3) is 0 Å². The maximum atomic E-state index is 1.56. The average molecular weight is 347 g/mol. The van der Waals surface area contributed by atoms with Crippen LogP contribution in [0.15, 0.2) is 0 Å². The Morgan fingerprint density at radius 3 is 1.09 bits per heavy atom. The van der Waals surface area contributed by atoms with Gasteiger partial charge in [-0.3, -0.25) is 0 Å². The molecule has 0 aromatic carbocycles. The standard InChI is InChI=1S/C10H18.Pb.2H/c1-2-6-10-8-4-3-7-9(10)5-1;;;/h9-10H,1-8H2;;;. The Labute approximate surface area is 90.3 Å². The minimum atomic E-state index is 0. The molecule has 1 heteroatoms. The summed E-state index contributed by atoms with van der Waals surface area (Å²) >= 11 is 0. The molecular formula is C10H20Pb. The summed E-state index contributed by atoms with van der Waals surface area (Å²) < 4.78 is 0. The topological polar surface area (TPSA) is 0 Å². The van der Waals surface area contributed by atoms with Crippen LogP contribution in [0.2, 0.25) is 0 Å². The minimum absolute atomic E-state index is 0. The summed E-state index contributed by atoms with van der Waals surface area (Å²) in [7, 11) is 0. The zero-order valence-corrected chi connectivity index (χ0v) is 13.0. The summed E-state index contributed by atoms with van der Waals surface area (Å²) in [5.41, 5.74) is 0. The average Bonchev–Trinajstić information content (AvgIpc) is 2.05. The molecule has 2 aliphatic rings. The normalized spacial score (nSPS) is 37.1. The van der Waals surface area contributed by atoms with E-state index in [4.69, 9.17) is 0 Å². The number of hydrogen-bond acceptors (Lipinski definition) is 0. The van der Waals surface area contributed by atoms with E-state index in [1.54, 1.807) is 25.7 Å². The fourth-order valence-corrected chi connectivity index (χ4v) is 2.86. The molecule has 64 valence electrons. The molecule has 0 aromatic rings. The van der Waals surface area contributed by atoms with Gasteiger partial charge in [0.15, 0.2) is 0 Å². The van der Waals surface area contributed by atoms with E-state index in [0.717, 1.165) is 11.8 Å². The van der Waals surface area contributed by atoms with Crippen LogP contribution in [-0.2, 0) is 0 Å². The Kier molecular flexibility index (Phi) is 4.39. The van der Waals surface area contributed by atoms with Crippen molar-refractivity contribution in [1.82, 2.24) is 0 Å². The maximum absolute atomic E-state index is 1.56. The van der Waals surface area contributed by atoms with E-state index in [-0.39, 0.29) is 27.3 Å². The molecule has 0 aliphatic heterocycles. The Morgan fingerprint density at radius 1 is 0.545 bits per heavy atom. The fourth-order valence-electron chi connectivity index (χ4n) is 2.86. The molecule has 0 spiro atoms. The van der Waals surface area contributed by atoms with Crippen molar-refractivity contribution in [1.29, 1.82) is 0 Å². The first-order valence-electron chi connectivity index (χ1n) is 4.97. The van der Waals surface area contributed by atoms with Crippen molar-refractivity contribution in [2.24, 2.45) is 11.8 Å². The molecule has 2 fully saturated rings. The summed E-state index contributed by atoms with van der Waals surface area (Å²) in [6.45, 7) is 0. The van der Waals surface area contributed by atoms with Gasteiger partial charge in [0.25, 0.3) is 0 Å². The summed E-state index contributed by atoms with van der Waals surface area (Å²) in [6, 6.07) is 0. The van der Waals surface area contributed by atoms with E-state index in [0.29, 0.717) is 0 Å². The molecule has 0 unspecified atom stereocenters. The van der Waals surface area contributed by atoms with E-state index in [2.05, 4.69) is 0 Å². The van der Waals surface area contributed by atoms with Crippen molar-refractivity contribution in [3.63, 3.8) is 0 Å². The first-order chi connectivity index (χ1) is 4.97. The zero-order valence-electron chi connectivity index (χ0n) is 7.52. The van der Waals surface area contributed by atoms with Crippen LogP contribution in [0.4, 0.5) is 0 Å². The SMILES string of the molecule is C1CCC2CCCCC2C1.[PbH2]. The number of hydrogen-bond donors (Lipinski definition) is 0. The van der Waals surface area contributed by atoms with E-state index in [9.17, 15) is 0 Å². The molecule has 2 rings (SSSR count). The third kappa shape index (κ3) is 2.43. The van der Waals surface area contributed by atoms with Gasteiger partial charge in [-0.1, -0.05) is 51.4 Å². The van der Waals surface area contributed by atoms with Gasteiger partial charge >= 0.3 is 27.3 Å². The molecule has 2 radical (unpaired) electrons. The van der Waals surface area contributed by atoms with Crippen molar-refractivity contribution >= 4 is 27.3 Å². The van der Waals surface area contributed by atoms with Gasteiger partial charge in [0, 0.05) is 0 Å². The van der Waals surface area contributed by atoms with Gasteiger partial charge in [0.1, 0.15) is 0 Å². The molecule has 0 N–H and O–H groups in total. The molecule has 0 amide bonds. The molecule has 11 heavy (non-hydrogen) atoms. The molecule has 2 aliphatic carbocycles. The molecule has 0 saturated heterocycles. The van der Waals surface area contributed by atoms with E-state index >= 15 is 0 Å². The van der Waals surface area contributed by atoms with Gasteiger partial charge in [-0.25, -0.2) is 0 Å². The summed E-state index contributed by atoms with van der Waals surface area (Å²) in [6.07, 6.45) is 12.4. The predicted octanol–water partition coefficient (Wildman–Crippen LogP) is 2.45. The van der Waals surface area contributed by atoms with Gasteiger partial charge in [0.05, 0.1) is 0 Å². The second-order valence-corrected chi connectivity index (χ2v) is 4.09. The first kappa shape index (κ1) is 10.0. The van der Waals surface area contributed by atoms with Crippen LogP contribution in [0.1, 0.15) is 51.4 Å². The van der Waals surface area contributed by atoms with Crippen LogP contribution in [0.5, 0.6) is 0 Å². The van der Waals surface area contributed by atoms with Gasteiger partial charge in [-0.05, 0) is 11.8 Å². The van der Waals surface area contributed by atoms with Crippen molar-refractivity contribution in [3.8, 4) is 0 Å². The van der Waals surface area contributed by atoms with Crippen LogP contribution < -0.4 is 0 Å². The molecular weight excluding hydrogens is 327 g/mol. The van der Waals surface area contributed by atoms with Gasteiger partial charge in [-0.2, -0.15) is 0 Å². The Morgan fingerprint density at radius 2 is 0.818 bits per heavy atom. The molecule has 0 nitrogen and oxygen atoms in total. The first-order valence-corrected chi connectivity index (χ1v) is 4.97. The second-order valence-electron chi connectivity index (χ2n) is 4.09. The van der Waals surface area contributed by atoms with E-state index in [1.807, 2.05) is 0 Å². The van der Waals surface area contributed by atoms with Gasteiger partial charge in [0.2, 0.25) is 0 Å². The van der Waals surface area contributed by atoms with E-state index < -0.39 is 0 Å². The summed E-state index contributed by atoms with van der Waals surface area (Å²) in [5.74, 6) is 2.31. The molecule has 0 aromatic heterocycles. The van der Waals surface area contributed by atoms with Crippen molar-refractivity contribution in [2.75, 3.05) is 0 Å². The van der Waals surface area contributed by atoms with Gasteiger partial charge in [-0.15, -0.1) is 0 Å². The second kappa shape index (κ2) is 4.83. The van der Waals surface area contributed by atoms with Crippen LogP contribution in [0, 0.1) is 11.8 Å². The fraction of sp³-hybridized carbons (Fsp3) is 1.00. The van der Waals surface area contributed by atoms with E-state index in [1.165, 1.54) is 25.7 Å². The number of fused-ring (bicyclic) bond motifs is 1.